The van der Waals surface area contributed by atoms with Gasteiger partial charge in [-0.1, -0.05) is 0 Å². The molecule has 0 radical (unpaired) electrons. The molecule has 0 aromatic heterocycles. The molecule has 0 unspecified atom stereocenters. The van der Waals surface area contributed by atoms with E-state index in [4.69, 9.17) is 9.47 Å². The molecule has 0 aliphatic rings. The maximum Gasteiger partial charge on any atom is 0.241 e. The van der Waals surface area contributed by atoms with E-state index in [9.17, 15) is 4.79 Å². The number of nitrogens with one attached hydrogen (secondary N) is 1. The highest BCUT2D eigenvalue weighted by Gasteiger charge is 2.06. The fraction of sp³-hybridized carbons (Fsp3) is 0.417. The first kappa shape index (κ1) is 13.2. The average molecular weight is 238 g/mol. The first-order chi connectivity index (χ1) is 8.08. The van der Waals surface area contributed by atoms with Crippen molar-refractivity contribution in [3.63, 3.8) is 0 Å². The number of carbonyl (C=O) groups excluding carboxylic acids is 1. The van der Waals surface area contributed by atoms with Crippen LogP contribution in [0.3, 0.4) is 0 Å². The maximum atomic E-state index is 11.4. The van der Waals surface area contributed by atoms with Crippen LogP contribution >= 0.6 is 0 Å². The molecule has 0 fully saturated rings. The largest absolute Gasteiger partial charge is 0.493 e. The van der Waals surface area contributed by atoms with Crippen LogP contribution in [0.15, 0.2) is 18.2 Å². The molecule has 17 heavy (non-hydrogen) atoms. The van der Waals surface area contributed by atoms with Crippen molar-refractivity contribution in [1.29, 1.82) is 0 Å². The number of hydrogen-bond donors (Lipinski definition) is 1. The number of anilines is 1. The number of rotatable bonds is 5. The lowest BCUT2D eigenvalue weighted by Gasteiger charge is -2.13. The molecule has 1 amide bonds. The molecule has 0 bridgehead atoms. The summed E-state index contributed by atoms with van der Waals surface area (Å²) in [6.07, 6.45) is 0. The van der Waals surface area contributed by atoms with E-state index in [1.807, 2.05) is 6.07 Å². The van der Waals surface area contributed by atoms with Crippen molar-refractivity contribution in [2.45, 2.75) is 0 Å². The first-order valence-corrected chi connectivity index (χ1v) is 5.24. The summed E-state index contributed by atoms with van der Waals surface area (Å²) in [5.41, 5.74) is 0.817. The Morgan fingerprint density at radius 2 is 1.88 bits per heavy atom. The fourth-order valence-electron chi connectivity index (χ4n) is 1.28. The highest BCUT2D eigenvalue weighted by Crippen LogP contribution is 2.29. The minimum absolute atomic E-state index is 0.0137. The van der Waals surface area contributed by atoms with Gasteiger partial charge in [0.2, 0.25) is 5.91 Å². The minimum atomic E-state index is 0.0137. The summed E-state index contributed by atoms with van der Waals surface area (Å²) in [6.45, 7) is 0.252. The van der Waals surface area contributed by atoms with E-state index in [1.165, 1.54) is 4.90 Å². The molecule has 0 aliphatic heterocycles. The lowest BCUT2D eigenvalue weighted by atomic mass is 10.2. The van der Waals surface area contributed by atoms with Crippen LogP contribution in [0.1, 0.15) is 0 Å². The summed E-state index contributed by atoms with van der Waals surface area (Å²) in [4.78, 5) is 12.9. The standard InChI is InChI=1S/C12H18N2O3/c1-14(2)12(15)8-13-9-5-6-10(16-3)11(7-9)17-4/h5-7,13H,8H2,1-4H3. The Morgan fingerprint density at radius 3 is 2.41 bits per heavy atom. The lowest BCUT2D eigenvalue weighted by molar-refractivity contribution is -0.126. The van der Waals surface area contributed by atoms with E-state index in [2.05, 4.69) is 5.32 Å². The number of likely N-dealkylation sites (N-methyl/N-ethyl adjacent to an activating group) is 1. The number of amides is 1. The van der Waals surface area contributed by atoms with Crippen LogP contribution in [0.4, 0.5) is 5.69 Å². The van der Waals surface area contributed by atoms with E-state index in [0.717, 1.165) is 5.69 Å². The lowest BCUT2D eigenvalue weighted by Crippen LogP contribution is -2.28. The van der Waals surface area contributed by atoms with Crippen LogP contribution in [0, 0.1) is 0 Å². The first-order valence-electron chi connectivity index (χ1n) is 5.24. The van der Waals surface area contributed by atoms with Crippen molar-refractivity contribution in [3.8, 4) is 11.5 Å². The molecule has 1 aromatic rings. The van der Waals surface area contributed by atoms with Gasteiger partial charge in [0, 0.05) is 25.8 Å². The number of benzene rings is 1. The highest BCUT2D eigenvalue weighted by molar-refractivity contribution is 5.80. The van der Waals surface area contributed by atoms with Gasteiger partial charge in [-0.25, -0.2) is 0 Å². The monoisotopic (exact) mass is 238 g/mol. The molecule has 1 rings (SSSR count). The molecule has 0 saturated carbocycles. The van der Waals surface area contributed by atoms with E-state index >= 15 is 0 Å². The van der Waals surface area contributed by atoms with Crippen molar-refractivity contribution in [2.24, 2.45) is 0 Å². The van der Waals surface area contributed by atoms with Crippen molar-refractivity contribution in [1.82, 2.24) is 4.90 Å². The molecule has 0 spiro atoms. The van der Waals surface area contributed by atoms with Crippen LogP contribution in [-0.2, 0) is 4.79 Å². The van der Waals surface area contributed by atoms with Gasteiger partial charge < -0.3 is 19.7 Å². The molecular weight excluding hydrogens is 220 g/mol. The predicted molar refractivity (Wildman–Crippen MR) is 66.7 cm³/mol. The summed E-state index contributed by atoms with van der Waals surface area (Å²) < 4.78 is 10.3. The zero-order valence-corrected chi connectivity index (χ0v) is 10.6. The van der Waals surface area contributed by atoms with Gasteiger partial charge in [-0.2, -0.15) is 0 Å². The molecule has 1 aromatic carbocycles. The molecule has 5 nitrogen and oxygen atoms in total. The number of hydrogen-bond acceptors (Lipinski definition) is 4. The molecule has 1 N–H and O–H groups in total. The van der Waals surface area contributed by atoms with Gasteiger partial charge in [-0.3, -0.25) is 4.79 Å². The SMILES string of the molecule is COc1ccc(NCC(=O)N(C)C)cc1OC. The second-order valence-electron chi connectivity index (χ2n) is 3.71. The summed E-state index contributed by atoms with van der Waals surface area (Å²) in [6, 6.07) is 5.42. The van der Waals surface area contributed by atoms with Crippen LogP contribution in [-0.4, -0.2) is 45.7 Å². The smallest absolute Gasteiger partial charge is 0.241 e. The Labute approximate surface area is 101 Å². The van der Waals surface area contributed by atoms with Gasteiger partial charge in [-0.15, -0.1) is 0 Å². The van der Waals surface area contributed by atoms with Gasteiger partial charge in [-0.05, 0) is 12.1 Å². The van der Waals surface area contributed by atoms with Crippen molar-refractivity contribution in [2.75, 3.05) is 40.2 Å². The number of carbonyl (C=O) groups is 1. The molecule has 0 atom stereocenters. The summed E-state index contributed by atoms with van der Waals surface area (Å²) in [5.74, 6) is 1.31. The van der Waals surface area contributed by atoms with Crippen LogP contribution in [0.5, 0.6) is 11.5 Å². The Morgan fingerprint density at radius 1 is 1.24 bits per heavy atom. The Bertz CT molecular complexity index is 391. The molecular formula is C12H18N2O3. The summed E-state index contributed by atoms with van der Waals surface area (Å²) >= 11 is 0. The third kappa shape index (κ3) is 3.55. The van der Waals surface area contributed by atoms with E-state index < -0.39 is 0 Å². The third-order valence-corrected chi connectivity index (χ3v) is 2.33. The summed E-state index contributed by atoms with van der Waals surface area (Å²) in [5, 5.41) is 3.03. The molecule has 5 heteroatoms. The van der Waals surface area contributed by atoms with Crippen LogP contribution in [0.2, 0.25) is 0 Å². The molecule has 0 aliphatic carbocycles. The molecule has 0 heterocycles. The van der Waals surface area contributed by atoms with E-state index in [1.54, 1.807) is 40.4 Å². The number of ether oxygens (including phenoxy) is 2. The van der Waals surface area contributed by atoms with Gasteiger partial charge in [0.25, 0.3) is 0 Å². The van der Waals surface area contributed by atoms with Crippen molar-refractivity contribution >= 4 is 11.6 Å². The topological polar surface area (TPSA) is 50.8 Å². The quantitative estimate of drug-likeness (QED) is 0.837. The van der Waals surface area contributed by atoms with E-state index in [-0.39, 0.29) is 12.5 Å². The Balaban J connectivity index is 2.69. The van der Waals surface area contributed by atoms with Gasteiger partial charge in [0.05, 0.1) is 20.8 Å². The van der Waals surface area contributed by atoms with Gasteiger partial charge in [0.1, 0.15) is 0 Å². The number of methoxy groups -OCH3 is 2. The molecule has 94 valence electrons. The molecule has 0 saturated heterocycles. The Kier molecular flexibility index (Phi) is 4.63. The normalized spacial score (nSPS) is 9.65. The predicted octanol–water partition coefficient (Wildman–Crippen LogP) is 1.20. The van der Waals surface area contributed by atoms with E-state index in [0.29, 0.717) is 11.5 Å². The Hall–Kier alpha value is -1.91. The average Bonchev–Trinajstić information content (AvgIpc) is 2.35. The van der Waals surface area contributed by atoms with Gasteiger partial charge in [0.15, 0.2) is 11.5 Å². The zero-order valence-electron chi connectivity index (χ0n) is 10.6. The van der Waals surface area contributed by atoms with Crippen molar-refractivity contribution < 1.29 is 14.3 Å². The number of nitrogens with zero attached hydrogens (tertiary/aromatic N) is 1. The third-order valence-electron chi connectivity index (χ3n) is 2.33. The zero-order chi connectivity index (χ0) is 12.8. The fourth-order valence-corrected chi connectivity index (χ4v) is 1.28. The highest BCUT2D eigenvalue weighted by atomic mass is 16.5. The second-order valence-corrected chi connectivity index (χ2v) is 3.71. The van der Waals surface area contributed by atoms with Crippen LogP contribution in [0.25, 0.3) is 0 Å². The van der Waals surface area contributed by atoms with Crippen molar-refractivity contribution in [3.05, 3.63) is 18.2 Å². The summed E-state index contributed by atoms with van der Waals surface area (Å²) in [7, 11) is 6.60. The van der Waals surface area contributed by atoms with Crippen LogP contribution < -0.4 is 14.8 Å². The maximum absolute atomic E-state index is 11.4. The van der Waals surface area contributed by atoms with Gasteiger partial charge >= 0.3 is 0 Å². The second kappa shape index (κ2) is 5.98. The minimum Gasteiger partial charge on any atom is -0.493 e.